The Labute approximate surface area is 100.0 Å². The number of ether oxygens (including phenoxy) is 1. The molecule has 0 saturated carbocycles. The Morgan fingerprint density at radius 2 is 2.12 bits per heavy atom. The second-order valence-electron chi connectivity index (χ2n) is 3.50. The lowest BCUT2D eigenvalue weighted by Gasteiger charge is -2.04. The molecule has 1 aromatic rings. The fraction of sp³-hybridized carbons (Fsp3) is 0.364. The third kappa shape index (κ3) is 3.83. The van der Waals surface area contributed by atoms with Gasteiger partial charge in [0.25, 0.3) is 0 Å². The summed E-state index contributed by atoms with van der Waals surface area (Å²) in [6.07, 6.45) is 0.385. The predicted octanol–water partition coefficient (Wildman–Crippen LogP) is 1.20. The van der Waals surface area contributed by atoms with Gasteiger partial charge in [-0.2, -0.15) is 0 Å². The fourth-order valence-corrected chi connectivity index (χ4v) is 2.66. The molecule has 0 aromatic heterocycles. The average Bonchev–Trinajstić information content (AvgIpc) is 2.29. The van der Waals surface area contributed by atoms with Crippen molar-refractivity contribution >= 4 is 15.8 Å². The first kappa shape index (κ1) is 13.7. The molecule has 0 atom stereocenters. The van der Waals surface area contributed by atoms with E-state index in [1.807, 2.05) is 0 Å². The Morgan fingerprint density at radius 3 is 2.71 bits per heavy atom. The first-order valence-electron chi connectivity index (χ1n) is 5.02. The van der Waals surface area contributed by atoms with Crippen molar-refractivity contribution in [3.63, 3.8) is 0 Å². The maximum Gasteiger partial charge on any atom is 0.335 e. The molecule has 17 heavy (non-hydrogen) atoms. The molecule has 1 aromatic carbocycles. The van der Waals surface area contributed by atoms with Crippen LogP contribution in [0, 0.1) is 0 Å². The van der Waals surface area contributed by atoms with E-state index in [1.54, 1.807) is 0 Å². The number of carbonyl (C=O) groups is 1. The van der Waals surface area contributed by atoms with Gasteiger partial charge < -0.3 is 9.84 Å². The molecular weight excluding hydrogens is 244 g/mol. The summed E-state index contributed by atoms with van der Waals surface area (Å²) in [5.74, 6) is -1.19. The molecule has 94 valence electrons. The molecule has 0 aliphatic rings. The van der Waals surface area contributed by atoms with Crippen LogP contribution in [0.3, 0.4) is 0 Å². The van der Waals surface area contributed by atoms with Crippen molar-refractivity contribution < 1.29 is 23.1 Å². The van der Waals surface area contributed by atoms with Gasteiger partial charge in [0.15, 0.2) is 9.84 Å². The minimum atomic E-state index is -3.43. The van der Waals surface area contributed by atoms with E-state index >= 15 is 0 Å². The molecule has 6 heteroatoms. The fourth-order valence-electron chi connectivity index (χ4n) is 1.33. The summed E-state index contributed by atoms with van der Waals surface area (Å²) in [6.45, 7) is 0.359. The van der Waals surface area contributed by atoms with Crippen LogP contribution < -0.4 is 0 Å². The van der Waals surface area contributed by atoms with Crippen molar-refractivity contribution in [2.24, 2.45) is 0 Å². The third-order valence-electron chi connectivity index (χ3n) is 2.20. The van der Waals surface area contributed by atoms with Crippen molar-refractivity contribution in [1.82, 2.24) is 0 Å². The van der Waals surface area contributed by atoms with Crippen LogP contribution in [0.5, 0.6) is 0 Å². The zero-order chi connectivity index (χ0) is 12.9. The highest BCUT2D eigenvalue weighted by Gasteiger charge is 2.15. The van der Waals surface area contributed by atoms with Gasteiger partial charge in [-0.3, -0.25) is 0 Å². The molecule has 0 spiro atoms. The van der Waals surface area contributed by atoms with Crippen molar-refractivity contribution in [3.8, 4) is 0 Å². The Bertz CT molecular complexity index is 492. The van der Waals surface area contributed by atoms with E-state index < -0.39 is 15.8 Å². The van der Waals surface area contributed by atoms with E-state index in [0.29, 0.717) is 13.0 Å². The van der Waals surface area contributed by atoms with Gasteiger partial charge in [0, 0.05) is 13.7 Å². The molecule has 0 aliphatic carbocycles. The van der Waals surface area contributed by atoms with Crippen LogP contribution in [0.15, 0.2) is 29.2 Å². The van der Waals surface area contributed by atoms with Gasteiger partial charge in [0.2, 0.25) is 0 Å². The lowest BCUT2D eigenvalue weighted by molar-refractivity contribution is 0.0696. The molecule has 0 fully saturated rings. The smallest absolute Gasteiger partial charge is 0.335 e. The zero-order valence-electron chi connectivity index (χ0n) is 9.42. The van der Waals surface area contributed by atoms with Crippen LogP contribution in [0.4, 0.5) is 0 Å². The SMILES string of the molecule is COCCCS(=O)(=O)c1cccc(C(=O)O)c1. The highest BCUT2D eigenvalue weighted by atomic mass is 32.2. The average molecular weight is 258 g/mol. The van der Waals surface area contributed by atoms with Crippen LogP contribution >= 0.6 is 0 Å². The summed E-state index contributed by atoms with van der Waals surface area (Å²) < 4.78 is 28.4. The second-order valence-corrected chi connectivity index (χ2v) is 5.61. The Balaban J connectivity index is 2.91. The maximum atomic E-state index is 11.8. The molecule has 0 amide bonds. The number of benzene rings is 1. The van der Waals surface area contributed by atoms with E-state index in [0.717, 1.165) is 0 Å². The number of carboxylic acid groups (broad SMARTS) is 1. The molecule has 0 unspecified atom stereocenters. The first-order valence-corrected chi connectivity index (χ1v) is 6.67. The van der Waals surface area contributed by atoms with Crippen molar-refractivity contribution in [3.05, 3.63) is 29.8 Å². The van der Waals surface area contributed by atoms with Gasteiger partial charge in [0.1, 0.15) is 0 Å². The van der Waals surface area contributed by atoms with Gasteiger partial charge in [0.05, 0.1) is 16.2 Å². The largest absolute Gasteiger partial charge is 0.478 e. The number of carboxylic acids is 1. The summed E-state index contributed by atoms with van der Waals surface area (Å²) in [6, 6.07) is 5.35. The normalized spacial score (nSPS) is 11.4. The predicted molar refractivity (Wildman–Crippen MR) is 61.9 cm³/mol. The molecule has 0 radical (unpaired) electrons. The minimum Gasteiger partial charge on any atom is -0.478 e. The molecular formula is C11H14O5S. The van der Waals surface area contributed by atoms with Crippen molar-refractivity contribution in [2.45, 2.75) is 11.3 Å². The second kappa shape index (κ2) is 5.79. The Kier molecular flexibility index (Phi) is 4.65. The molecule has 0 bridgehead atoms. The summed E-state index contributed by atoms with van der Waals surface area (Å²) in [4.78, 5) is 10.8. The minimum absolute atomic E-state index is 0.0298. The highest BCUT2D eigenvalue weighted by Crippen LogP contribution is 2.14. The number of methoxy groups -OCH3 is 1. The van der Waals surface area contributed by atoms with Gasteiger partial charge in [-0.25, -0.2) is 13.2 Å². The van der Waals surface area contributed by atoms with Crippen LogP contribution in [-0.2, 0) is 14.6 Å². The topological polar surface area (TPSA) is 80.7 Å². The lowest BCUT2D eigenvalue weighted by atomic mass is 10.2. The quantitative estimate of drug-likeness (QED) is 0.775. The van der Waals surface area contributed by atoms with Gasteiger partial charge in [-0.05, 0) is 24.6 Å². The number of rotatable bonds is 6. The summed E-state index contributed by atoms with van der Waals surface area (Å²) in [7, 11) is -1.93. The van der Waals surface area contributed by atoms with E-state index in [9.17, 15) is 13.2 Å². The monoisotopic (exact) mass is 258 g/mol. The molecule has 0 saturated heterocycles. The Hall–Kier alpha value is -1.40. The van der Waals surface area contributed by atoms with E-state index in [1.165, 1.54) is 31.4 Å². The highest BCUT2D eigenvalue weighted by molar-refractivity contribution is 7.91. The van der Waals surface area contributed by atoms with E-state index in [2.05, 4.69) is 0 Å². The van der Waals surface area contributed by atoms with E-state index in [-0.39, 0.29) is 16.2 Å². The summed E-state index contributed by atoms with van der Waals surface area (Å²) in [5.41, 5.74) is -0.0298. The molecule has 5 nitrogen and oxygen atoms in total. The number of aromatic carboxylic acids is 1. The summed E-state index contributed by atoms with van der Waals surface area (Å²) >= 11 is 0. The van der Waals surface area contributed by atoms with Gasteiger partial charge in [-0.15, -0.1) is 0 Å². The zero-order valence-corrected chi connectivity index (χ0v) is 10.2. The van der Waals surface area contributed by atoms with Crippen LogP contribution in [0.1, 0.15) is 16.8 Å². The number of hydrogen-bond acceptors (Lipinski definition) is 4. The van der Waals surface area contributed by atoms with Crippen LogP contribution in [0.2, 0.25) is 0 Å². The number of hydrogen-bond donors (Lipinski definition) is 1. The maximum absolute atomic E-state index is 11.8. The molecule has 1 N–H and O–H groups in total. The molecule has 0 heterocycles. The van der Waals surface area contributed by atoms with Crippen molar-refractivity contribution in [2.75, 3.05) is 19.5 Å². The van der Waals surface area contributed by atoms with Crippen LogP contribution in [-0.4, -0.2) is 39.0 Å². The molecule has 1 rings (SSSR count). The lowest BCUT2D eigenvalue weighted by Crippen LogP contribution is -2.10. The number of sulfone groups is 1. The van der Waals surface area contributed by atoms with Gasteiger partial charge >= 0.3 is 5.97 Å². The standard InChI is InChI=1S/C11H14O5S/c1-16-6-3-7-17(14,15)10-5-2-4-9(8-10)11(12)13/h2,4-5,8H,3,6-7H2,1H3,(H,12,13). The first-order chi connectivity index (χ1) is 7.97. The van der Waals surface area contributed by atoms with Crippen molar-refractivity contribution in [1.29, 1.82) is 0 Å². The van der Waals surface area contributed by atoms with Gasteiger partial charge in [-0.1, -0.05) is 6.07 Å². The van der Waals surface area contributed by atoms with Crippen LogP contribution in [0.25, 0.3) is 0 Å². The molecule has 0 aliphatic heterocycles. The third-order valence-corrected chi connectivity index (χ3v) is 4.00. The van der Waals surface area contributed by atoms with E-state index in [4.69, 9.17) is 9.84 Å². The summed E-state index contributed by atoms with van der Waals surface area (Å²) in [5, 5.41) is 8.77. The Morgan fingerprint density at radius 1 is 1.41 bits per heavy atom.